The topological polar surface area (TPSA) is 150 Å². The first-order valence-corrected chi connectivity index (χ1v) is 16.0. The van der Waals surface area contributed by atoms with Gasteiger partial charge in [-0.2, -0.15) is 0 Å². The van der Waals surface area contributed by atoms with E-state index in [9.17, 15) is 22.4 Å². The standard InChI is InChI=1S/C30H33F2N7O5S/c1-5-12-45(42,43)37-23-7-6-22(31)24(25(23)32)26(40)21-17-34-27-20(21)13-18(14-33-27)19-15-35-28(36-16-19)38-8-10-39(11-9-38)29(41)44-30(2,3)4/h6-7,13-17,37H,5,8-12H2,1-4H3,(H,33,34). The molecule has 1 aliphatic heterocycles. The molecule has 0 bridgehead atoms. The number of nitrogens with one attached hydrogen (secondary N) is 2. The predicted octanol–water partition coefficient (Wildman–Crippen LogP) is 4.74. The van der Waals surface area contributed by atoms with Crippen molar-refractivity contribution in [2.75, 3.05) is 41.6 Å². The number of carbonyl (C=O) groups is 2. The van der Waals surface area contributed by atoms with Gasteiger partial charge in [0.2, 0.25) is 21.8 Å². The highest BCUT2D eigenvalue weighted by Crippen LogP contribution is 2.30. The molecular formula is C30H33F2N7O5S. The Morgan fingerprint density at radius 3 is 2.33 bits per heavy atom. The lowest BCUT2D eigenvalue weighted by Gasteiger charge is -2.35. The van der Waals surface area contributed by atoms with Crippen LogP contribution in [0.1, 0.15) is 50.0 Å². The molecule has 2 N–H and O–H groups in total. The number of hydrogen-bond acceptors (Lipinski definition) is 9. The van der Waals surface area contributed by atoms with E-state index >= 15 is 4.39 Å². The summed E-state index contributed by atoms with van der Waals surface area (Å²) in [6.45, 7) is 9.07. The minimum atomic E-state index is -3.89. The molecule has 0 atom stereocenters. The number of rotatable bonds is 8. The Kier molecular flexibility index (Phi) is 8.74. The van der Waals surface area contributed by atoms with Crippen molar-refractivity contribution in [3.05, 3.63) is 65.7 Å². The largest absolute Gasteiger partial charge is 0.444 e. The SMILES string of the molecule is CCCS(=O)(=O)Nc1ccc(F)c(C(=O)c2c[nH]c3ncc(-c4cnc(N5CCN(C(=O)OC(C)(C)C)CC5)nc4)cc23)c1F. The second-order valence-corrected chi connectivity index (χ2v) is 13.4. The normalized spacial score (nSPS) is 14.1. The highest BCUT2D eigenvalue weighted by Gasteiger charge is 2.28. The van der Waals surface area contributed by atoms with Gasteiger partial charge in [-0.05, 0) is 45.4 Å². The Hall–Kier alpha value is -4.66. The molecule has 1 aliphatic rings. The van der Waals surface area contributed by atoms with Crippen molar-refractivity contribution < 1.29 is 31.5 Å². The van der Waals surface area contributed by atoms with E-state index in [2.05, 4.69) is 24.7 Å². The van der Waals surface area contributed by atoms with E-state index in [-0.39, 0.29) is 23.8 Å². The molecule has 0 spiro atoms. The average molecular weight is 642 g/mol. The first-order chi connectivity index (χ1) is 21.3. The van der Waals surface area contributed by atoms with Crippen LogP contribution >= 0.6 is 0 Å². The lowest BCUT2D eigenvalue weighted by Crippen LogP contribution is -2.50. The number of hydrogen-bond donors (Lipinski definition) is 2. The number of amides is 1. The maximum absolute atomic E-state index is 15.3. The number of aromatic nitrogens is 4. The van der Waals surface area contributed by atoms with Gasteiger partial charge in [-0.3, -0.25) is 9.52 Å². The van der Waals surface area contributed by atoms with Gasteiger partial charge in [-0.1, -0.05) is 6.92 Å². The number of fused-ring (bicyclic) bond motifs is 1. The van der Waals surface area contributed by atoms with Crippen LogP contribution in [0, 0.1) is 11.6 Å². The molecular weight excluding hydrogens is 608 g/mol. The maximum atomic E-state index is 15.3. The minimum absolute atomic E-state index is 0.0499. The van der Waals surface area contributed by atoms with Gasteiger partial charge >= 0.3 is 6.09 Å². The Bertz CT molecular complexity index is 1850. The van der Waals surface area contributed by atoms with Crippen molar-refractivity contribution >= 4 is 44.6 Å². The van der Waals surface area contributed by atoms with E-state index in [1.54, 1.807) is 36.5 Å². The highest BCUT2D eigenvalue weighted by molar-refractivity contribution is 7.92. The van der Waals surface area contributed by atoms with Crippen molar-refractivity contribution in [2.24, 2.45) is 0 Å². The minimum Gasteiger partial charge on any atom is -0.444 e. The van der Waals surface area contributed by atoms with E-state index in [4.69, 9.17) is 4.74 Å². The van der Waals surface area contributed by atoms with Gasteiger partial charge in [0.15, 0.2) is 5.82 Å². The van der Waals surface area contributed by atoms with Gasteiger partial charge < -0.3 is 19.5 Å². The van der Waals surface area contributed by atoms with Crippen molar-refractivity contribution in [3.63, 3.8) is 0 Å². The Morgan fingerprint density at radius 1 is 1.02 bits per heavy atom. The van der Waals surface area contributed by atoms with Crippen molar-refractivity contribution in [1.82, 2.24) is 24.8 Å². The van der Waals surface area contributed by atoms with Crippen LogP contribution < -0.4 is 9.62 Å². The summed E-state index contributed by atoms with van der Waals surface area (Å²) in [6, 6.07) is 3.41. The number of pyridine rings is 1. The third-order valence-corrected chi connectivity index (χ3v) is 8.49. The molecule has 45 heavy (non-hydrogen) atoms. The number of ether oxygens (including phenoxy) is 1. The van der Waals surface area contributed by atoms with Crippen LogP contribution in [-0.2, 0) is 14.8 Å². The molecule has 0 radical (unpaired) electrons. The van der Waals surface area contributed by atoms with E-state index in [0.717, 1.165) is 12.1 Å². The zero-order valence-electron chi connectivity index (χ0n) is 25.2. The van der Waals surface area contributed by atoms with Crippen molar-refractivity contribution in [3.8, 4) is 11.1 Å². The van der Waals surface area contributed by atoms with Crippen molar-refractivity contribution in [1.29, 1.82) is 0 Å². The first kappa shape index (κ1) is 31.8. The smallest absolute Gasteiger partial charge is 0.410 e. The predicted molar refractivity (Wildman–Crippen MR) is 165 cm³/mol. The van der Waals surface area contributed by atoms with Crippen LogP contribution in [0.2, 0.25) is 0 Å². The van der Waals surface area contributed by atoms with Crippen LogP contribution in [0.25, 0.3) is 22.2 Å². The van der Waals surface area contributed by atoms with Gasteiger partial charge in [0.05, 0.1) is 17.0 Å². The second-order valence-electron chi connectivity index (χ2n) is 11.6. The Labute approximate surface area is 258 Å². The van der Waals surface area contributed by atoms with Crippen LogP contribution in [0.15, 0.2) is 43.0 Å². The number of carbonyl (C=O) groups excluding carboxylic acids is 2. The number of piperazine rings is 1. The number of aromatic amines is 1. The van der Waals surface area contributed by atoms with Crippen LogP contribution in [0.3, 0.4) is 0 Å². The third kappa shape index (κ3) is 7.03. The zero-order valence-corrected chi connectivity index (χ0v) is 26.0. The summed E-state index contributed by atoms with van der Waals surface area (Å²) in [6.07, 6.45) is 5.98. The molecule has 0 unspecified atom stereocenters. The second kappa shape index (κ2) is 12.4. The molecule has 238 valence electrons. The van der Waals surface area contributed by atoms with Gasteiger partial charge in [-0.25, -0.2) is 36.9 Å². The number of nitrogens with zero attached hydrogens (tertiary/aromatic N) is 5. The molecule has 1 amide bonds. The van der Waals surface area contributed by atoms with Gasteiger partial charge in [0.1, 0.15) is 17.1 Å². The maximum Gasteiger partial charge on any atom is 0.410 e. The van der Waals surface area contributed by atoms with E-state index < -0.39 is 44.3 Å². The number of H-pyrrole nitrogens is 1. The Balaban J connectivity index is 1.35. The van der Waals surface area contributed by atoms with E-state index in [1.807, 2.05) is 25.7 Å². The van der Waals surface area contributed by atoms with Crippen LogP contribution in [0.5, 0.6) is 0 Å². The number of halogens is 2. The quantitative estimate of drug-likeness (QED) is 0.260. The molecule has 12 nitrogen and oxygen atoms in total. The third-order valence-electron chi connectivity index (χ3n) is 7.02. The van der Waals surface area contributed by atoms with Crippen LogP contribution in [-0.4, -0.2) is 82.7 Å². The lowest BCUT2D eigenvalue weighted by molar-refractivity contribution is 0.0240. The molecule has 5 rings (SSSR count). The summed E-state index contributed by atoms with van der Waals surface area (Å²) in [4.78, 5) is 45.5. The fraction of sp³-hybridized carbons (Fsp3) is 0.367. The summed E-state index contributed by atoms with van der Waals surface area (Å²) >= 11 is 0. The summed E-state index contributed by atoms with van der Waals surface area (Å²) in [5.74, 6) is -3.21. The van der Waals surface area contributed by atoms with Gasteiger partial charge in [0.25, 0.3) is 0 Å². The van der Waals surface area contributed by atoms with Gasteiger partial charge in [-0.15, -0.1) is 0 Å². The highest BCUT2D eigenvalue weighted by atomic mass is 32.2. The molecule has 0 aliphatic carbocycles. The summed E-state index contributed by atoms with van der Waals surface area (Å²) in [5.41, 5.74) is -0.584. The van der Waals surface area contributed by atoms with Gasteiger partial charge in [0, 0.05) is 73.0 Å². The number of anilines is 2. The van der Waals surface area contributed by atoms with E-state index in [1.165, 1.54) is 6.20 Å². The number of sulfonamides is 1. The summed E-state index contributed by atoms with van der Waals surface area (Å²) in [5, 5.41) is 0.301. The lowest BCUT2D eigenvalue weighted by atomic mass is 10.0. The van der Waals surface area contributed by atoms with Crippen LogP contribution in [0.4, 0.5) is 25.2 Å². The number of ketones is 1. The zero-order chi connectivity index (χ0) is 32.5. The molecule has 3 aromatic heterocycles. The Morgan fingerprint density at radius 2 is 1.69 bits per heavy atom. The molecule has 1 aromatic carbocycles. The monoisotopic (exact) mass is 641 g/mol. The fourth-order valence-electron chi connectivity index (χ4n) is 4.86. The molecule has 15 heteroatoms. The average Bonchev–Trinajstić information content (AvgIpc) is 3.41. The van der Waals surface area contributed by atoms with Crippen molar-refractivity contribution in [2.45, 2.75) is 39.7 Å². The fourth-order valence-corrected chi connectivity index (χ4v) is 5.99. The first-order valence-electron chi connectivity index (χ1n) is 14.3. The summed E-state index contributed by atoms with van der Waals surface area (Å²) < 4.78 is 62.0. The molecule has 0 saturated carbocycles. The molecule has 1 saturated heterocycles. The van der Waals surface area contributed by atoms with E-state index in [0.29, 0.717) is 54.3 Å². The molecule has 4 aromatic rings. The molecule has 4 heterocycles. The molecule has 1 fully saturated rings. The number of benzene rings is 1. The summed E-state index contributed by atoms with van der Waals surface area (Å²) in [7, 11) is -3.89.